The van der Waals surface area contributed by atoms with Crippen LogP contribution in [0.4, 0.5) is 0 Å². The SMILES string of the molecule is C=CCC1(N)c2ccccc2CCC1N(C)C. The molecule has 0 spiro atoms. The van der Waals surface area contributed by atoms with Crippen molar-refractivity contribution < 1.29 is 0 Å². The van der Waals surface area contributed by atoms with Crippen LogP contribution in [0.25, 0.3) is 0 Å². The van der Waals surface area contributed by atoms with Gasteiger partial charge in [0.1, 0.15) is 0 Å². The van der Waals surface area contributed by atoms with Crippen molar-refractivity contribution in [3.05, 3.63) is 48.0 Å². The Morgan fingerprint density at radius 3 is 2.82 bits per heavy atom. The third kappa shape index (κ3) is 2.03. The highest BCUT2D eigenvalue weighted by molar-refractivity contribution is 5.38. The number of nitrogens with two attached hydrogens (primary N) is 1. The van der Waals surface area contributed by atoms with Gasteiger partial charge in [0, 0.05) is 6.04 Å². The largest absolute Gasteiger partial charge is 0.320 e. The monoisotopic (exact) mass is 230 g/mol. The minimum absolute atomic E-state index is 0.292. The highest BCUT2D eigenvalue weighted by Crippen LogP contribution is 2.38. The second-order valence-electron chi connectivity index (χ2n) is 5.21. The summed E-state index contributed by atoms with van der Waals surface area (Å²) in [5, 5.41) is 0. The predicted molar refractivity (Wildman–Crippen MR) is 72.9 cm³/mol. The van der Waals surface area contributed by atoms with E-state index in [9.17, 15) is 0 Å². The Hall–Kier alpha value is -1.12. The van der Waals surface area contributed by atoms with E-state index in [-0.39, 0.29) is 5.54 Å². The van der Waals surface area contributed by atoms with Gasteiger partial charge in [-0.2, -0.15) is 0 Å². The molecule has 2 heteroatoms. The molecule has 2 unspecified atom stereocenters. The average molecular weight is 230 g/mol. The first-order chi connectivity index (χ1) is 8.09. The van der Waals surface area contributed by atoms with Gasteiger partial charge in [0.15, 0.2) is 0 Å². The molecule has 1 aromatic rings. The lowest BCUT2D eigenvalue weighted by Crippen LogP contribution is -2.56. The third-order valence-electron chi connectivity index (χ3n) is 3.91. The normalized spacial score (nSPS) is 27.9. The Morgan fingerprint density at radius 2 is 2.18 bits per heavy atom. The molecule has 17 heavy (non-hydrogen) atoms. The molecule has 0 bridgehead atoms. The van der Waals surface area contributed by atoms with Crippen molar-refractivity contribution in [1.29, 1.82) is 0 Å². The molecule has 92 valence electrons. The molecule has 1 aliphatic carbocycles. The Bertz CT molecular complexity index is 411. The number of nitrogens with zero attached hydrogens (tertiary/aromatic N) is 1. The van der Waals surface area contributed by atoms with E-state index >= 15 is 0 Å². The van der Waals surface area contributed by atoms with Crippen molar-refractivity contribution in [1.82, 2.24) is 4.90 Å². The lowest BCUT2D eigenvalue weighted by Gasteiger charge is -2.45. The van der Waals surface area contributed by atoms with Crippen LogP contribution in [-0.2, 0) is 12.0 Å². The van der Waals surface area contributed by atoms with Crippen LogP contribution in [0.3, 0.4) is 0 Å². The molecule has 1 aromatic carbocycles. The predicted octanol–water partition coefficient (Wildman–Crippen LogP) is 2.29. The van der Waals surface area contributed by atoms with E-state index in [1.807, 2.05) is 6.08 Å². The number of likely N-dealkylation sites (N-methyl/N-ethyl adjacent to an activating group) is 1. The maximum absolute atomic E-state index is 6.71. The van der Waals surface area contributed by atoms with Crippen LogP contribution in [-0.4, -0.2) is 25.0 Å². The fourth-order valence-electron chi connectivity index (χ4n) is 3.13. The van der Waals surface area contributed by atoms with Crippen LogP contribution in [0.15, 0.2) is 36.9 Å². The summed E-state index contributed by atoms with van der Waals surface area (Å²) >= 11 is 0. The van der Waals surface area contributed by atoms with E-state index in [0.717, 1.165) is 19.3 Å². The maximum Gasteiger partial charge on any atom is 0.0604 e. The zero-order valence-electron chi connectivity index (χ0n) is 10.8. The molecule has 2 atom stereocenters. The second kappa shape index (κ2) is 4.63. The van der Waals surface area contributed by atoms with E-state index in [1.165, 1.54) is 11.1 Å². The minimum atomic E-state index is -0.292. The van der Waals surface area contributed by atoms with E-state index in [4.69, 9.17) is 5.73 Å². The summed E-state index contributed by atoms with van der Waals surface area (Å²) in [7, 11) is 4.23. The van der Waals surface area contributed by atoms with Gasteiger partial charge in [-0.25, -0.2) is 0 Å². The molecule has 0 radical (unpaired) electrons. The number of rotatable bonds is 3. The Kier molecular flexibility index (Phi) is 3.36. The molecule has 0 saturated carbocycles. The van der Waals surface area contributed by atoms with Crippen molar-refractivity contribution in [3.63, 3.8) is 0 Å². The number of benzene rings is 1. The van der Waals surface area contributed by atoms with Gasteiger partial charge in [-0.1, -0.05) is 30.3 Å². The second-order valence-corrected chi connectivity index (χ2v) is 5.21. The first-order valence-corrected chi connectivity index (χ1v) is 6.24. The quantitative estimate of drug-likeness (QED) is 0.807. The molecule has 0 aromatic heterocycles. The molecule has 0 heterocycles. The number of hydrogen-bond donors (Lipinski definition) is 1. The zero-order chi connectivity index (χ0) is 12.5. The number of fused-ring (bicyclic) bond motifs is 1. The summed E-state index contributed by atoms with van der Waals surface area (Å²) in [4.78, 5) is 2.25. The summed E-state index contributed by atoms with van der Waals surface area (Å²) in [6, 6.07) is 8.95. The molecular formula is C15H22N2. The van der Waals surface area contributed by atoms with Gasteiger partial charge in [0.25, 0.3) is 0 Å². The summed E-state index contributed by atoms with van der Waals surface area (Å²) in [6.07, 6.45) is 5.01. The van der Waals surface area contributed by atoms with Crippen LogP contribution >= 0.6 is 0 Å². The van der Waals surface area contributed by atoms with Crippen molar-refractivity contribution in [3.8, 4) is 0 Å². The highest BCUT2D eigenvalue weighted by Gasteiger charge is 2.40. The standard InChI is InChI=1S/C15H22N2/c1-4-11-15(16)13-8-6-5-7-12(13)9-10-14(15)17(2)3/h4-8,14H,1,9-11,16H2,2-3H3. The van der Waals surface area contributed by atoms with Gasteiger partial charge in [0.2, 0.25) is 0 Å². The van der Waals surface area contributed by atoms with Crippen LogP contribution in [0.5, 0.6) is 0 Å². The molecule has 0 fully saturated rings. The van der Waals surface area contributed by atoms with E-state index < -0.39 is 0 Å². The average Bonchev–Trinajstić information content (AvgIpc) is 2.29. The topological polar surface area (TPSA) is 29.3 Å². The zero-order valence-corrected chi connectivity index (χ0v) is 10.8. The lowest BCUT2D eigenvalue weighted by atomic mass is 9.71. The van der Waals surface area contributed by atoms with Crippen LogP contribution in [0.1, 0.15) is 24.0 Å². The van der Waals surface area contributed by atoms with Crippen molar-refractivity contribution in [2.24, 2.45) is 5.73 Å². The first kappa shape index (κ1) is 12.3. The summed E-state index contributed by atoms with van der Waals surface area (Å²) in [5.41, 5.74) is 9.12. The minimum Gasteiger partial charge on any atom is -0.320 e. The molecule has 0 aliphatic heterocycles. The van der Waals surface area contributed by atoms with Gasteiger partial charge >= 0.3 is 0 Å². The van der Waals surface area contributed by atoms with Crippen molar-refractivity contribution in [2.45, 2.75) is 30.8 Å². The Labute approximate surface area is 104 Å². The molecular weight excluding hydrogens is 208 g/mol. The van der Waals surface area contributed by atoms with E-state index in [2.05, 4.69) is 49.8 Å². The van der Waals surface area contributed by atoms with E-state index in [0.29, 0.717) is 6.04 Å². The van der Waals surface area contributed by atoms with Gasteiger partial charge in [-0.3, -0.25) is 0 Å². The highest BCUT2D eigenvalue weighted by atomic mass is 15.1. The lowest BCUT2D eigenvalue weighted by molar-refractivity contribution is 0.155. The van der Waals surface area contributed by atoms with Gasteiger partial charge in [-0.15, -0.1) is 6.58 Å². The van der Waals surface area contributed by atoms with Crippen LogP contribution < -0.4 is 5.73 Å². The van der Waals surface area contributed by atoms with Crippen molar-refractivity contribution >= 4 is 0 Å². The molecule has 0 amide bonds. The van der Waals surface area contributed by atoms with Gasteiger partial charge in [-0.05, 0) is 44.5 Å². The Balaban J connectivity index is 2.49. The molecule has 1 aliphatic rings. The molecule has 2 nitrogen and oxygen atoms in total. The molecule has 2 N–H and O–H groups in total. The van der Waals surface area contributed by atoms with Gasteiger partial charge < -0.3 is 10.6 Å². The number of hydrogen-bond acceptors (Lipinski definition) is 2. The summed E-state index contributed by atoms with van der Waals surface area (Å²) < 4.78 is 0. The van der Waals surface area contributed by atoms with Crippen LogP contribution in [0.2, 0.25) is 0 Å². The summed E-state index contributed by atoms with van der Waals surface area (Å²) in [5.74, 6) is 0. The van der Waals surface area contributed by atoms with Crippen LogP contribution in [0, 0.1) is 0 Å². The Morgan fingerprint density at radius 1 is 1.47 bits per heavy atom. The maximum atomic E-state index is 6.71. The van der Waals surface area contributed by atoms with Gasteiger partial charge in [0.05, 0.1) is 5.54 Å². The smallest absolute Gasteiger partial charge is 0.0604 e. The first-order valence-electron chi connectivity index (χ1n) is 6.24. The summed E-state index contributed by atoms with van der Waals surface area (Å²) in [6.45, 7) is 3.87. The molecule has 2 rings (SSSR count). The van der Waals surface area contributed by atoms with E-state index in [1.54, 1.807) is 0 Å². The fourth-order valence-corrected chi connectivity index (χ4v) is 3.13. The molecule has 0 saturated heterocycles. The van der Waals surface area contributed by atoms with Crippen molar-refractivity contribution in [2.75, 3.05) is 14.1 Å². The number of aryl methyl sites for hydroxylation is 1. The third-order valence-corrected chi connectivity index (χ3v) is 3.91. The fraction of sp³-hybridized carbons (Fsp3) is 0.467.